The van der Waals surface area contributed by atoms with Gasteiger partial charge in [-0.25, -0.2) is 4.39 Å². The van der Waals surface area contributed by atoms with Gasteiger partial charge in [0.05, 0.1) is 7.11 Å². The highest BCUT2D eigenvalue weighted by Gasteiger charge is 2.23. The van der Waals surface area contributed by atoms with Gasteiger partial charge in [0, 0.05) is 12.0 Å². The van der Waals surface area contributed by atoms with E-state index in [9.17, 15) is 4.39 Å². The van der Waals surface area contributed by atoms with Crippen molar-refractivity contribution in [2.24, 2.45) is 5.73 Å². The number of rotatable bonds is 4. The molecule has 15 heavy (non-hydrogen) atoms. The molecule has 0 aliphatic rings. The highest BCUT2D eigenvalue weighted by Crippen LogP contribution is 2.30. The van der Waals surface area contributed by atoms with Crippen LogP contribution in [0.25, 0.3) is 0 Å². The van der Waals surface area contributed by atoms with Crippen LogP contribution in [0, 0.1) is 5.82 Å². The monoisotopic (exact) mass is 211 g/mol. The lowest BCUT2D eigenvalue weighted by Crippen LogP contribution is -2.31. The lowest BCUT2D eigenvalue weighted by atomic mass is 9.80. The van der Waals surface area contributed by atoms with Gasteiger partial charge in [-0.2, -0.15) is 0 Å². The van der Waals surface area contributed by atoms with Gasteiger partial charge in [0.25, 0.3) is 0 Å². The number of methoxy groups -OCH3 is 1. The van der Waals surface area contributed by atoms with Crippen LogP contribution in [0.2, 0.25) is 0 Å². The summed E-state index contributed by atoms with van der Waals surface area (Å²) in [6.45, 7) is 4.68. The second-order valence-electron chi connectivity index (χ2n) is 3.97. The molecule has 2 N–H and O–H groups in total. The Labute approximate surface area is 90.2 Å². The van der Waals surface area contributed by atoms with E-state index in [0.29, 0.717) is 6.54 Å². The van der Waals surface area contributed by atoms with Crippen molar-refractivity contribution in [3.05, 3.63) is 29.6 Å². The minimum Gasteiger partial charge on any atom is -0.494 e. The van der Waals surface area contributed by atoms with E-state index in [1.807, 2.05) is 0 Å². The summed E-state index contributed by atoms with van der Waals surface area (Å²) in [5.74, 6) is -0.0580. The molecule has 0 radical (unpaired) electrons. The third-order valence-electron chi connectivity index (χ3n) is 3.08. The maximum absolute atomic E-state index is 13.2. The number of nitrogens with two attached hydrogens (primary N) is 1. The molecule has 2 nitrogen and oxygen atoms in total. The SMILES string of the molecule is CCC(C)(CN)c1ccc(F)c(OC)c1. The average molecular weight is 211 g/mol. The fourth-order valence-corrected chi connectivity index (χ4v) is 1.50. The number of hydrogen-bond donors (Lipinski definition) is 1. The van der Waals surface area contributed by atoms with Crippen LogP contribution >= 0.6 is 0 Å². The first-order chi connectivity index (χ1) is 7.07. The number of halogens is 1. The Hall–Kier alpha value is -1.09. The molecular weight excluding hydrogens is 193 g/mol. The molecule has 1 unspecified atom stereocenters. The van der Waals surface area contributed by atoms with Crippen molar-refractivity contribution in [3.8, 4) is 5.75 Å². The van der Waals surface area contributed by atoms with Crippen molar-refractivity contribution in [2.75, 3.05) is 13.7 Å². The second-order valence-corrected chi connectivity index (χ2v) is 3.97. The maximum Gasteiger partial charge on any atom is 0.165 e. The van der Waals surface area contributed by atoms with Gasteiger partial charge < -0.3 is 10.5 Å². The molecule has 0 aromatic heterocycles. The maximum atomic E-state index is 13.2. The van der Waals surface area contributed by atoms with Crippen molar-refractivity contribution in [3.63, 3.8) is 0 Å². The molecule has 1 rings (SSSR count). The second kappa shape index (κ2) is 4.62. The molecule has 1 atom stereocenters. The Morgan fingerprint density at radius 3 is 2.60 bits per heavy atom. The molecule has 0 saturated carbocycles. The van der Waals surface area contributed by atoms with E-state index in [1.54, 1.807) is 12.1 Å². The summed E-state index contributed by atoms with van der Waals surface area (Å²) in [5.41, 5.74) is 6.65. The smallest absolute Gasteiger partial charge is 0.165 e. The van der Waals surface area contributed by atoms with E-state index >= 15 is 0 Å². The predicted octanol–water partition coefficient (Wildman–Crippen LogP) is 2.46. The molecule has 84 valence electrons. The van der Waals surface area contributed by atoms with Crippen molar-refractivity contribution in [1.82, 2.24) is 0 Å². The summed E-state index contributed by atoms with van der Waals surface area (Å²) in [6.07, 6.45) is 0.915. The molecule has 0 bridgehead atoms. The van der Waals surface area contributed by atoms with Crippen LogP contribution in [-0.2, 0) is 5.41 Å². The lowest BCUT2D eigenvalue weighted by molar-refractivity contribution is 0.382. The molecule has 1 aromatic rings. The van der Waals surface area contributed by atoms with Gasteiger partial charge in [-0.1, -0.05) is 19.9 Å². The molecular formula is C12H18FNO. The van der Waals surface area contributed by atoms with E-state index in [2.05, 4.69) is 13.8 Å². The van der Waals surface area contributed by atoms with Gasteiger partial charge in [0.1, 0.15) is 0 Å². The summed E-state index contributed by atoms with van der Waals surface area (Å²) in [5, 5.41) is 0. The van der Waals surface area contributed by atoms with E-state index in [0.717, 1.165) is 12.0 Å². The summed E-state index contributed by atoms with van der Waals surface area (Å²) < 4.78 is 18.2. The molecule has 0 spiro atoms. The topological polar surface area (TPSA) is 35.2 Å². The number of ether oxygens (including phenoxy) is 1. The van der Waals surface area contributed by atoms with Crippen molar-refractivity contribution >= 4 is 0 Å². The normalized spacial score (nSPS) is 14.7. The van der Waals surface area contributed by atoms with Gasteiger partial charge in [-0.3, -0.25) is 0 Å². The highest BCUT2D eigenvalue weighted by atomic mass is 19.1. The number of benzene rings is 1. The zero-order chi connectivity index (χ0) is 11.5. The fraction of sp³-hybridized carbons (Fsp3) is 0.500. The van der Waals surface area contributed by atoms with Gasteiger partial charge in [0.15, 0.2) is 11.6 Å². The third kappa shape index (κ3) is 2.29. The number of hydrogen-bond acceptors (Lipinski definition) is 2. The lowest BCUT2D eigenvalue weighted by Gasteiger charge is -2.27. The first-order valence-corrected chi connectivity index (χ1v) is 5.11. The standard InChI is InChI=1S/C12H18FNO/c1-4-12(2,8-14)9-5-6-10(13)11(7-9)15-3/h5-7H,4,8,14H2,1-3H3. The van der Waals surface area contributed by atoms with Gasteiger partial charge in [0.2, 0.25) is 0 Å². The Morgan fingerprint density at radius 2 is 2.13 bits per heavy atom. The van der Waals surface area contributed by atoms with Crippen LogP contribution in [0.3, 0.4) is 0 Å². The van der Waals surface area contributed by atoms with Crippen LogP contribution in [0.5, 0.6) is 5.75 Å². The molecule has 0 amide bonds. The molecule has 0 aliphatic heterocycles. The largest absolute Gasteiger partial charge is 0.494 e. The van der Waals surface area contributed by atoms with Gasteiger partial charge >= 0.3 is 0 Å². The van der Waals surface area contributed by atoms with Crippen LogP contribution < -0.4 is 10.5 Å². The Kier molecular flexibility index (Phi) is 3.69. The van der Waals surface area contributed by atoms with Crippen molar-refractivity contribution in [1.29, 1.82) is 0 Å². The molecule has 1 aromatic carbocycles. The zero-order valence-corrected chi connectivity index (χ0v) is 9.51. The summed E-state index contributed by atoms with van der Waals surface area (Å²) in [7, 11) is 1.47. The first kappa shape index (κ1) is 12.0. The summed E-state index contributed by atoms with van der Waals surface area (Å²) in [6, 6.07) is 4.93. The van der Waals surface area contributed by atoms with E-state index in [1.165, 1.54) is 13.2 Å². The van der Waals surface area contributed by atoms with Crippen LogP contribution in [-0.4, -0.2) is 13.7 Å². The van der Waals surface area contributed by atoms with E-state index < -0.39 is 0 Å². The van der Waals surface area contributed by atoms with Crippen molar-refractivity contribution in [2.45, 2.75) is 25.7 Å². The molecule has 0 fully saturated rings. The zero-order valence-electron chi connectivity index (χ0n) is 9.51. The Bertz CT molecular complexity index is 334. The molecule has 0 aliphatic carbocycles. The minimum absolute atomic E-state index is 0.110. The fourth-order valence-electron chi connectivity index (χ4n) is 1.50. The van der Waals surface area contributed by atoms with Gasteiger partial charge in [-0.15, -0.1) is 0 Å². The third-order valence-corrected chi connectivity index (χ3v) is 3.08. The minimum atomic E-state index is -0.336. The van der Waals surface area contributed by atoms with Crippen molar-refractivity contribution < 1.29 is 9.13 Å². The first-order valence-electron chi connectivity index (χ1n) is 5.11. The average Bonchev–Trinajstić information content (AvgIpc) is 2.28. The molecule has 3 heteroatoms. The van der Waals surface area contributed by atoms with Crippen LogP contribution in [0.1, 0.15) is 25.8 Å². The van der Waals surface area contributed by atoms with Crippen LogP contribution in [0.15, 0.2) is 18.2 Å². The molecule has 0 heterocycles. The van der Waals surface area contributed by atoms with Crippen LogP contribution in [0.4, 0.5) is 4.39 Å². The highest BCUT2D eigenvalue weighted by molar-refractivity contribution is 5.35. The molecule has 0 saturated heterocycles. The summed E-state index contributed by atoms with van der Waals surface area (Å²) in [4.78, 5) is 0. The van der Waals surface area contributed by atoms with Gasteiger partial charge in [-0.05, 0) is 24.1 Å². The predicted molar refractivity (Wildman–Crippen MR) is 59.6 cm³/mol. The quantitative estimate of drug-likeness (QED) is 0.830. The Morgan fingerprint density at radius 1 is 1.47 bits per heavy atom. The summed E-state index contributed by atoms with van der Waals surface area (Å²) >= 11 is 0. The van der Waals surface area contributed by atoms with E-state index in [4.69, 9.17) is 10.5 Å². The van der Waals surface area contributed by atoms with E-state index in [-0.39, 0.29) is 17.0 Å². The Balaban J connectivity index is 3.15.